The summed E-state index contributed by atoms with van der Waals surface area (Å²) >= 11 is 5.78. The molecule has 6 aliphatic heterocycles. The Morgan fingerprint density at radius 1 is 0.523 bits per heavy atom. The number of nitrogen functional groups attached to an aromatic ring is 3. The molecule has 6 aliphatic rings. The number of hydrogen-bond donors (Lipinski definition) is 16. The molecule has 6 fully saturated rings. The molecule has 0 saturated carbocycles. The van der Waals surface area contributed by atoms with Crippen molar-refractivity contribution >= 4 is 92.7 Å². The van der Waals surface area contributed by atoms with Gasteiger partial charge >= 0.3 is 6.64 Å². The summed E-state index contributed by atoms with van der Waals surface area (Å²) in [4.78, 5) is 106. The van der Waals surface area contributed by atoms with Gasteiger partial charge in [0.1, 0.15) is 94.1 Å². The zero-order chi connectivity index (χ0) is 93.1. The molecule has 3 unspecified atom stereocenters. The number of benzene rings is 4. The Labute approximate surface area is 742 Å². The topological polar surface area (TPSA) is 635 Å². The summed E-state index contributed by atoms with van der Waals surface area (Å²) in [6.07, 6.45) is -5.35. The van der Waals surface area contributed by atoms with E-state index in [9.17, 15) is 59.7 Å². The van der Waals surface area contributed by atoms with Crippen molar-refractivity contribution in [2.24, 2.45) is 5.41 Å². The lowest BCUT2D eigenvalue weighted by Crippen LogP contribution is -2.44. The number of carbonyl (C=O) groups is 1. The largest absolute Gasteiger partial charge is 0.497 e. The predicted octanol–water partition coefficient (Wildman–Crippen LogP) is 1.94. The number of nitrogens with zero attached hydrogens (tertiary/aromatic N) is 12. The predicted molar refractivity (Wildman–Crippen MR) is 465 cm³/mol. The van der Waals surface area contributed by atoms with Crippen molar-refractivity contribution in [3.8, 4) is 11.5 Å². The summed E-state index contributed by atoms with van der Waals surface area (Å²) in [6, 6.07) is 35.8. The van der Waals surface area contributed by atoms with Crippen LogP contribution in [0.4, 0.5) is 23.8 Å². The number of ether oxygens (including phenoxy) is 11. The first-order valence-electron chi connectivity index (χ1n) is 40.8. The quantitative estimate of drug-likeness (QED) is 0.0303. The Balaban J connectivity index is 0.000000139. The molecule has 14 heterocycles. The molecule has 694 valence electrons. The molecule has 0 bridgehead atoms. The number of H-pyrrole nitrogens is 4. The second-order valence-electron chi connectivity index (χ2n) is 33.4. The van der Waals surface area contributed by atoms with Gasteiger partial charge in [0.25, 0.3) is 35.2 Å². The molecular formula is C82H100N21O25PS. The summed E-state index contributed by atoms with van der Waals surface area (Å²) in [6.45, 7) is 7.43. The Kier molecular flexibility index (Phi) is 26.4. The normalized spacial score (nSPS) is 28.2. The van der Waals surface area contributed by atoms with E-state index in [1.165, 1.54) is 62.5 Å². The molecule has 18 rings (SSSR count). The number of aliphatic hydroxyl groups excluding tert-OH is 5. The van der Waals surface area contributed by atoms with E-state index in [0.717, 1.165) is 16.7 Å². The van der Waals surface area contributed by atoms with E-state index in [0.29, 0.717) is 17.9 Å². The third-order valence-corrected chi connectivity index (χ3v) is 25.5. The standard InChI is InChI=1S/C33H33N5O7.C25H35N6O7PS.C13H17N5O6.C11H15N5O5/c1-32-26(44-31(42-3)45-32)24(18-39)43-29(32)38-19-34-25-27(38)35-30(36-28(25)40)37-33(20-10-6-4-7-11-20,21-12-8-5-9-13-21)22-14-16-23(41-2)17-15-22;1-14(16(32)11-24(2,3)4)30-39(40,38-15-9-7-6-8-10-15)36-12-17-19(33)25(5,35)22(37-17)31-13-27-18-20(31)28-23(26)29-21(18)34;1-13-7(23-12(21-2)24-13)5(3-19)22-10(13)18-4-15-6-8(18)16-11(14)17-9(6)20;1-11(20)6(18)4(2-17)21-9(11)16-3-13-5-7(16)14-10(12)15-8(5)19/h4-17,19,24,26,29,31,39H,18H2,1-3H3,(H2,35,36,37,40);6-10,13-14,17,19,22,33,35H,11-12H2,1-5H3,(H,30,40)(H3,26,28,29,34);4-5,7,10,12,19H,3H2,1-2H3,(H3,14,16,17,20);3-4,6,9,17-18,20H,2H2,1H3,(H3,12,14,15,19)/t24-,26-,29-,31?,32-;14-,17+,19+,22+,25+,39?;5-,7-,10-,12?,13-;4-,6-,9-,11-/m1011/s1. The fraction of sp³-hybridized carbons (Fsp3) is 0.451. The minimum absolute atomic E-state index is 0.00679. The highest BCUT2D eigenvalue weighted by Gasteiger charge is 2.65. The molecule has 4 aromatic carbocycles. The number of carbonyl (C=O) groups excluding carboxylic acids is 1. The molecule has 6 saturated heterocycles. The van der Waals surface area contributed by atoms with E-state index in [2.05, 4.69) is 65.2 Å². The fourth-order valence-corrected chi connectivity index (χ4v) is 19.0. The summed E-state index contributed by atoms with van der Waals surface area (Å²) in [5.41, 5.74) is 11.8. The van der Waals surface area contributed by atoms with Crippen LogP contribution in [0.2, 0.25) is 0 Å². The van der Waals surface area contributed by atoms with Crippen LogP contribution < -0.4 is 59.1 Å². The number of hydrogen-bond acceptors (Lipinski definition) is 38. The van der Waals surface area contributed by atoms with Gasteiger partial charge in [0.15, 0.2) is 69.6 Å². The van der Waals surface area contributed by atoms with Gasteiger partial charge in [-0.05, 0) is 92.8 Å². The van der Waals surface area contributed by atoms with Gasteiger partial charge in [0.2, 0.25) is 23.8 Å². The highest BCUT2D eigenvalue weighted by atomic mass is 32.5. The third kappa shape index (κ3) is 17.7. The number of methoxy groups -OCH3 is 3. The second-order valence-corrected chi connectivity index (χ2v) is 36.6. The Hall–Kier alpha value is -11.4. The van der Waals surface area contributed by atoms with E-state index >= 15 is 0 Å². The first-order valence-corrected chi connectivity index (χ1v) is 43.4. The molecule has 130 heavy (non-hydrogen) atoms. The summed E-state index contributed by atoms with van der Waals surface area (Å²) < 4.78 is 80.8. The maximum Gasteiger partial charge on any atom is 0.313 e. The number of nitrogens with one attached hydrogen (secondary N) is 6. The lowest BCUT2D eigenvalue weighted by atomic mass is 9.77. The van der Waals surface area contributed by atoms with Gasteiger partial charge in [-0.1, -0.05) is 112 Å². The van der Waals surface area contributed by atoms with Crippen LogP contribution in [-0.4, -0.2) is 258 Å². The number of imidazole rings is 4. The van der Waals surface area contributed by atoms with Crippen LogP contribution in [-0.2, 0) is 74.0 Å². The molecule has 46 nitrogen and oxygen atoms in total. The fourth-order valence-electron chi connectivity index (χ4n) is 16.6. The smallest absolute Gasteiger partial charge is 0.313 e. The summed E-state index contributed by atoms with van der Waals surface area (Å²) in [5.74, 6) is 1.01. The van der Waals surface area contributed by atoms with Gasteiger partial charge in [0.05, 0.1) is 64.9 Å². The van der Waals surface area contributed by atoms with Crippen molar-refractivity contribution in [1.82, 2.24) is 83.2 Å². The lowest BCUT2D eigenvalue weighted by Gasteiger charge is -2.37. The Morgan fingerprint density at radius 3 is 1.28 bits per heavy atom. The van der Waals surface area contributed by atoms with E-state index < -0.39 is 156 Å². The monoisotopic (exact) mass is 1840 g/mol. The van der Waals surface area contributed by atoms with Crippen LogP contribution >= 0.6 is 6.64 Å². The number of ketones is 1. The highest BCUT2D eigenvalue weighted by molar-refractivity contribution is 8.09. The number of aromatic nitrogens is 16. The van der Waals surface area contributed by atoms with Gasteiger partial charge in [-0.15, -0.1) is 0 Å². The van der Waals surface area contributed by atoms with Crippen molar-refractivity contribution in [1.29, 1.82) is 0 Å². The molecule has 8 aromatic heterocycles. The zero-order valence-corrected chi connectivity index (χ0v) is 73.6. The number of Topliss-reactive ketones (excluding diaryl/α,β-unsaturated/α-hetero) is 1. The van der Waals surface area contributed by atoms with Crippen LogP contribution in [0.25, 0.3) is 44.7 Å². The number of aromatic amines is 4. The van der Waals surface area contributed by atoms with E-state index in [-0.39, 0.29) is 99.5 Å². The first-order chi connectivity index (χ1) is 61.8. The van der Waals surface area contributed by atoms with Gasteiger partial charge in [-0.25, -0.2) is 25.0 Å². The Bertz CT molecular complexity index is 6320. The number of anilines is 4. The van der Waals surface area contributed by atoms with Crippen LogP contribution in [0.15, 0.2) is 160 Å². The minimum Gasteiger partial charge on any atom is -0.497 e. The molecule has 0 spiro atoms. The maximum absolute atomic E-state index is 13.5. The maximum atomic E-state index is 13.5. The minimum atomic E-state index is -3.37. The summed E-state index contributed by atoms with van der Waals surface area (Å²) in [7, 11) is 4.55. The molecule has 0 aliphatic carbocycles. The van der Waals surface area contributed by atoms with E-state index in [1.807, 2.05) is 119 Å². The van der Waals surface area contributed by atoms with Crippen molar-refractivity contribution in [2.75, 3.05) is 70.3 Å². The average molecular weight is 1840 g/mol. The first kappa shape index (κ1) is 93.3. The molecule has 19 N–H and O–H groups in total. The SMILES string of the molecule is COC1O[C@@H]2[C@@H](CO)O[C@@H](n3cnc4c(=O)[nH]c(N)nc43)[C@]2(C)O1.COc1ccc(C(Nc2nc3c(ncn3[C@@H]3O[C@H](CO)[C@H]4OC(OC)O[C@]43C)c(=O)[nH]2)(c2ccccc2)c2ccccc2)cc1.C[C@@]1(O)[C@H](O)[C@@H](CO)O[C@H]1n1cnc2c(=O)[nH]c(N)nc21.C[C@H](NP(=S)(OC[C@H]1O[C@@H](n2cnc3c(=O)[nH]c(N)nc32)[C@](C)(O)[C@@H]1O)Oc1ccccc1)C(=O)CC(C)(C)C. The third-order valence-electron chi connectivity index (χ3n) is 23.0. The van der Waals surface area contributed by atoms with Gasteiger partial charge in [-0.3, -0.25) is 62.2 Å². The Morgan fingerprint density at radius 2 is 0.892 bits per heavy atom. The summed E-state index contributed by atoms with van der Waals surface area (Å²) in [5, 5.41) is 78.1. The van der Waals surface area contributed by atoms with Crippen molar-refractivity contribution < 1.29 is 102 Å². The molecule has 0 radical (unpaired) electrons. The van der Waals surface area contributed by atoms with Crippen LogP contribution in [0, 0.1) is 5.41 Å². The molecule has 12 aromatic rings. The number of fused-ring (bicyclic) bond motifs is 6. The number of rotatable bonds is 24. The molecule has 0 amide bonds. The van der Waals surface area contributed by atoms with Gasteiger partial charge < -0.3 is 119 Å². The number of para-hydroxylation sites is 1. The van der Waals surface area contributed by atoms with Crippen molar-refractivity contribution in [2.45, 2.75) is 182 Å². The molecule has 48 heteroatoms. The van der Waals surface area contributed by atoms with Gasteiger partial charge in [-0.2, -0.15) is 19.9 Å². The van der Waals surface area contributed by atoms with Crippen molar-refractivity contribution in [3.63, 3.8) is 0 Å². The number of nitrogens with two attached hydrogens (primary N) is 3. The van der Waals surface area contributed by atoms with E-state index in [1.54, 1.807) is 54.4 Å². The van der Waals surface area contributed by atoms with Crippen LogP contribution in [0.3, 0.4) is 0 Å². The van der Waals surface area contributed by atoms with Gasteiger partial charge in [0, 0.05) is 20.6 Å². The van der Waals surface area contributed by atoms with Crippen LogP contribution in [0.5, 0.6) is 11.5 Å². The molecule has 20 atom stereocenters. The second kappa shape index (κ2) is 36.8. The lowest BCUT2D eigenvalue weighted by molar-refractivity contribution is -0.269. The number of aliphatic hydroxyl groups is 7. The molecular weight excluding hydrogens is 1740 g/mol. The highest BCUT2D eigenvalue weighted by Crippen LogP contribution is 2.53. The zero-order valence-electron chi connectivity index (χ0n) is 71.9. The van der Waals surface area contributed by atoms with E-state index in [4.69, 9.17) is 95.1 Å². The van der Waals surface area contributed by atoms with Crippen LogP contribution in [0.1, 0.15) is 103 Å². The van der Waals surface area contributed by atoms with Crippen molar-refractivity contribution in [3.05, 3.63) is 199 Å². The average Bonchev–Trinajstić information content (AvgIpc) is 1.59.